The highest BCUT2D eigenvalue weighted by Crippen LogP contribution is 2.32. The van der Waals surface area contributed by atoms with Crippen molar-refractivity contribution in [2.45, 2.75) is 51.4 Å². The summed E-state index contributed by atoms with van der Waals surface area (Å²) in [5.74, 6) is 0.596. The van der Waals surface area contributed by atoms with E-state index in [1.165, 1.54) is 37.7 Å². The maximum absolute atomic E-state index is 11.4. The Kier molecular flexibility index (Phi) is 4.80. The predicted molar refractivity (Wildman–Crippen MR) is 72.6 cm³/mol. The topological polar surface area (TPSA) is 26.3 Å². The van der Waals surface area contributed by atoms with Crippen molar-refractivity contribution < 1.29 is 9.53 Å². The third-order valence-electron chi connectivity index (χ3n) is 3.71. The number of carbonyl (C=O) groups is 1. The minimum Gasteiger partial charge on any atom is -0.466 e. The molecule has 0 atom stereocenters. The molecule has 0 heterocycles. The lowest BCUT2D eigenvalue weighted by Crippen LogP contribution is -2.08. The van der Waals surface area contributed by atoms with Crippen LogP contribution in [-0.2, 0) is 16.0 Å². The van der Waals surface area contributed by atoms with Gasteiger partial charge < -0.3 is 4.74 Å². The van der Waals surface area contributed by atoms with Crippen molar-refractivity contribution in [3.8, 4) is 0 Å². The van der Waals surface area contributed by atoms with E-state index in [1.54, 1.807) is 0 Å². The van der Waals surface area contributed by atoms with E-state index in [4.69, 9.17) is 4.74 Å². The molecule has 1 fully saturated rings. The molecule has 1 aliphatic carbocycles. The molecule has 98 valence electrons. The van der Waals surface area contributed by atoms with Gasteiger partial charge in [0, 0.05) is 0 Å². The fourth-order valence-corrected chi connectivity index (χ4v) is 2.72. The molecule has 0 N–H and O–H groups in total. The van der Waals surface area contributed by atoms with Gasteiger partial charge in [-0.3, -0.25) is 4.79 Å². The normalized spacial score (nSPS) is 16.5. The summed E-state index contributed by atoms with van der Waals surface area (Å²) in [7, 11) is 0. The van der Waals surface area contributed by atoms with E-state index >= 15 is 0 Å². The monoisotopic (exact) mass is 246 g/mol. The Labute approximate surface area is 109 Å². The van der Waals surface area contributed by atoms with E-state index in [1.807, 2.05) is 6.92 Å². The summed E-state index contributed by atoms with van der Waals surface area (Å²) < 4.78 is 4.95. The van der Waals surface area contributed by atoms with Gasteiger partial charge in [-0.15, -0.1) is 0 Å². The lowest BCUT2D eigenvalue weighted by atomic mass is 9.84. The Morgan fingerprint density at radius 3 is 2.44 bits per heavy atom. The van der Waals surface area contributed by atoms with E-state index in [0.717, 1.165) is 11.5 Å². The van der Waals surface area contributed by atoms with E-state index < -0.39 is 0 Å². The predicted octanol–water partition coefficient (Wildman–Crippen LogP) is 3.84. The summed E-state index contributed by atoms with van der Waals surface area (Å²) in [6.45, 7) is 2.29. The van der Waals surface area contributed by atoms with Crippen LogP contribution in [0, 0.1) is 0 Å². The highest BCUT2D eigenvalue weighted by molar-refractivity contribution is 5.72. The molecule has 1 saturated carbocycles. The highest BCUT2D eigenvalue weighted by Gasteiger charge is 2.15. The number of hydrogen-bond donors (Lipinski definition) is 0. The van der Waals surface area contributed by atoms with Crippen molar-refractivity contribution in [2.24, 2.45) is 0 Å². The van der Waals surface area contributed by atoms with Crippen LogP contribution in [0.4, 0.5) is 0 Å². The molecule has 0 bridgehead atoms. The van der Waals surface area contributed by atoms with Gasteiger partial charge in [0.1, 0.15) is 0 Å². The third-order valence-corrected chi connectivity index (χ3v) is 3.71. The maximum Gasteiger partial charge on any atom is 0.310 e. The van der Waals surface area contributed by atoms with Gasteiger partial charge in [-0.2, -0.15) is 0 Å². The van der Waals surface area contributed by atoms with Crippen molar-refractivity contribution in [3.05, 3.63) is 35.4 Å². The summed E-state index contributed by atoms with van der Waals surface area (Å²) in [5, 5.41) is 0. The van der Waals surface area contributed by atoms with Crippen LogP contribution in [0.3, 0.4) is 0 Å². The molecule has 0 radical (unpaired) electrons. The van der Waals surface area contributed by atoms with Crippen molar-refractivity contribution in [2.75, 3.05) is 6.61 Å². The van der Waals surface area contributed by atoms with E-state index in [9.17, 15) is 4.79 Å². The first kappa shape index (κ1) is 13.1. The van der Waals surface area contributed by atoms with Crippen LogP contribution in [0.15, 0.2) is 24.3 Å². The Morgan fingerprint density at radius 2 is 1.83 bits per heavy atom. The number of rotatable bonds is 4. The van der Waals surface area contributed by atoms with Crippen LogP contribution >= 0.6 is 0 Å². The fourth-order valence-electron chi connectivity index (χ4n) is 2.72. The van der Waals surface area contributed by atoms with Crippen LogP contribution in [-0.4, -0.2) is 12.6 Å². The molecule has 18 heavy (non-hydrogen) atoms. The van der Waals surface area contributed by atoms with Gasteiger partial charge in [-0.25, -0.2) is 0 Å². The molecule has 1 aromatic carbocycles. The number of hydrogen-bond acceptors (Lipinski definition) is 2. The number of benzene rings is 1. The Balaban J connectivity index is 1.94. The smallest absolute Gasteiger partial charge is 0.310 e. The van der Waals surface area contributed by atoms with Gasteiger partial charge in [-0.1, -0.05) is 43.5 Å². The summed E-state index contributed by atoms with van der Waals surface area (Å²) >= 11 is 0. The van der Waals surface area contributed by atoms with Gasteiger partial charge in [0.25, 0.3) is 0 Å². The Hall–Kier alpha value is -1.31. The largest absolute Gasteiger partial charge is 0.466 e. The summed E-state index contributed by atoms with van der Waals surface area (Å²) in [6, 6.07) is 8.51. The second-order valence-corrected chi connectivity index (χ2v) is 5.06. The van der Waals surface area contributed by atoms with Gasteiger partial charge >= 0.3 is 5.97 Å². The van der Waals surface area contributed by atoms with Crippen molar-refractivity contribution in [1.82, 2.24) is 0 Å². The molecule has 2 nitrogen and oxygen atoms in total. The molecule has 2 heteroatoms. The molecule has 2 rings (SSSR count). The van der Waals surface area contributed by atoms with Crippen LogP contribution in [0.1, 0.15) is 56.1 Å². The van der Waals surface area contributed by atoms with Crippen LogP contribution in [0.25, 0.3) is 0 Å². The molecular formula is C16H22O2. The standard InChI is InChI=1S/C16H22O2/c1-2-18-16(17)12-13-8-10-15(11-9-13)14-6-4-3-5-7-14/h8-11,14H,2-7,12H2,1H3. The van der Waals surface area contributed by atoms with Gasteiger partial charge in [0.05, 0.1) is 13.0 Å². The molecule has 0 spiro atoms. The SMILES string of the molecule is CCOC(=O)Cc1ccc(C2CCCCC2)cc1. The minimum atomic E-state index is -0.136. The molecule has 0 unspecified atom stereocenters. The van der Waals surface area contributed by atoms with E-state index in [2.05, 4.69) is 24.3 Å². The summed E-state index contributed by atoms with van der Waals surface area (Å²) in [6.07, 6.45) is 7.12. The first-order valence-corrected chi connectivity index (χ1v) is 7.04. The zero-order valence-electron chi connectivity index (χ0n) is 11.2. The van der Waals surface area contributed by atoms with E-state index in [-0.39, 0.29) is 5.97 Å². The average molecular weight is 246 g/mol. The van der Waals surface area contributed by atoms with Crippen LogP contribution < -0.4 is 0 Å². The lowest BCUT2D eigenvalue weighted by molar-refractivity contribution is -0.142. The lowest BCUT2D eigenvalue weighted by Gasteiger charge is -2.22. The third kappa shape index (κ3) is 3.59. The molecule has 0 aliphatic heterocycles. The molecule has 0 aromatic heterocycles. The maximum atomic E-state index is 11.4. The van der Waals surface area contributed by atoms with Gasteiger partial charge in [-0.05, 0) is 36.8 Å². The fraction of sp³-hybridized carbons (Fsp3) is 0.562. The second-order valence-electron chi connectivity index (χ2n) is 5.06. The Morgan fingerprint density at radius 1 is 1.17 bits per heavy atom. The van der Waals surface area contributed by atoms with Crippen molar-refractivity contribution in [1.29, 1.82) is 0 Å². The molecule has 0 amide bonds. The summed E-state index contributed by atoms with van der Waals surface area (Å²) in [5.41, 5.74) is 2.48. The highest BCUT2D eigenvalue weighted by atomic mass is 16.5. The van der Waals surface area contributed by atoms with Gasteiger partial charge in [0.2, 0.25) is 0 Å². The quantitative estimate of drug-likeness (QED) is 0.754. The van der Waals surface area contributed by atoms with Crippen LogP contribution in [0.5, 0.6) is 0 Å². The zero-order chi connectivity index (χ0) is 12.8. The van der Waals surface area contributed by atoms with Crippen molar-refractivity contribution >= 4 is 5.97 Å². The Bertz CT molecular complexity index is 375. The number of ether oxygens (including phenoxy) is 1. The first-order valence-electron chi connectivity index (χ1n) is 7.04. The molecule has 0 saturated heterocycles. The molecule has 1 aliphatic rings. The van der Waals surface area contributed by atoms with E-state index in [0.29, 0.717) is 13.0 Å². The first-order chi connectivity index (χ1) is 8.79. The van der Waals surface area contributed by atoms with Crippen LogP contribution in [0.2, 0.25) is 0 Å². The zero-order valence-corrected chi connectivity index (χ0v) is 11.2. The van der Waals surface area contributed by atoms with Gasteiger partial charge in [0.15, 0.2) is 0 Å². The molecule has 1 aromatic rings. The summed E-state index contributed by atoms with van der Waals surface area (Å²) in [4.78, 5) is 11.4. The number of carbonyl (C=O) groups excluding carboxylic acids is 1. The number of esters is 1. The van der Waals surface area contributed by atoms with Crippen molar-refractivity contribution in [3.63, 3.8) is 0 Å². The second kappa shape index (κ2) is 6.58. The minimum absolute atomic E-state index is 0.136. The average Bonchev–Trinajstić information content (AvgIpc) is 2.41. The molecular weight excluding hydrogens is 224 g/mol.